The summed E-state index contributed by atoms with van der Waals surface area (Å²) in [6.45, 7) is 4.42. The van der Waals surface area contributed by atoms with Gasteiger partial charge in [0.2, 0.25) is 10.9 Å². The summed E-state index contributed by atoms with van der Waals surface area (Å²) in [5.74, 6) is -1.06. The maximum Gasteiger partial charge on any atom is 0.200 e. The van der Waals surface area contributed by atoms with Crippen LogP contribution in [0.2, 0.25) is 0 Å². The van der Waals surface area contributed by atoms with E-state index in [0.717, 1.165) is 5.56 Å². The summed E-state index contributed by atoms with van der Waals surface area (Å²) >= 11 is 0. The molecule has 0 amide bonds. The number of fused-ring (bicyclic) bond motifs is 3. The Kier molecular flexibility index (Phi) is 4.72. The van der Waals surface area contributed by atoms with Crippen molar-refractivity contribution in [2.24, 2.45) is 0 Å². The minimum Gasteiger partial charge on any atom is -0.508 e. The predicted octanol–water partition coefficient (Wildman–Crippen LogP) is 5.14. The minimum absolute atomic E-state index is 0.00677. The number of aromatic hydroxyl groups is 1. The van der Waals surface area contributed by atoms with Gasteiger partial charge in [0, 0.05) is 17.2 Å². The highest BCUT2D eigenvalue weighted by atomic mass is 16.3. The number of hydrogen-bond acceptors (Lipinski definition) is 7. The quantitative estimate of drug-likeness (QED) is 0.296. The fourth-order valence-electron chi connectivity index (χ4n) is 4.28. The fraction of sp³-hybridized carbons (Fsp3) is 0.111. The zero-order valence-electron chi connectivity index (χ0n) is 18.5. The van der Waals surface area contributed by atoms with E-state index in [-0.39, 0.29) is 55.3 Å². The van der Waals surface area contributed by atoms with Gasteiger partial charge in [-0.25, -0.2) is 0 Å². The van der Waals surface area contributed by atoms with Crippen LogP contribution in [0.25, 0.3) is 44.0 Å². The molecule has 2 heterocycles. The van der Waals surface area contributed by atoms with Crippen LogP contribution < -0.4 is 10.9 Å². The van der Waals surface area contributed by atoms with Crippen LogP contribution in [0.3, 0.4) is 0 Å². The van der Waals surface area contributed by atoms with E-state index in [1.165, 1.54) is 44.4 Å². The van der Waals surface area contributed by atoms with Gasteiger partial charge in [-0.1, -0.05) is 6.07 Å². The van der Waals surface area contributed by atoms with Gasteiger partial charge in [0.25, 0.3) is 0 Å². The van der Waals surface area contributed by atoms with Gasteiger partial charge in [-0.15, -0.1) is 0 Å². The van der Waals surface area contributed by atoms with E-state index in [4.69, 9.17) is 8.83 Å². The van der Waals surface area contributed by atoms with Crippen LogP contribution in [0.15, 0.2) is 67.2 Å². The van der Waals surface area contributed by atoms with Crippen molar-refractivity contribution in [1.29, 1.82) is 0 Å². The van der Waals surface area contributed by atoms with Gasteiger partial charge >= 0.3 is 0 Å². The monoisotopic (exact) mass is 454 g/mol. The van der Waals surface area contributed by atoms with Crippen LogP contribution >= 0.6 is 0 Å². The molecule has 0 aliphatic rings. The van der Waals surface area contributed by atoms with Gasteiger partial charge in [0.15, 0.2) is 11.6 Å². The third kappa shape index (κ3) is 3.13. The highest BCUT2D eigenvalue weighted by Gasteiger charge is 2.26. The Morgan fingerprint density at radius 2 is 1.53 bits per heavy atom. The average Bonchev–Trinajstić information content (AvgIpc) is 2.78. The van der Waals surface area contributed by atoms with Crippen LogP contribution in [-0.2, 0) is 0 Å². The number of hydrogen-bond donors (Lipinski definition) is 1. The summed E-state index contributed by atoms with van der Waals surface area (Å²) < 4.78 is 11.6. The molecule has 0 bridgehead atoms. The summed E-state index contributed by atoms with van der Waals surface area (Å²) in [6.07, 6.45) is 1.22. The maximum absolute atomic E-state index is 13.4. The molecule has 7 nitrogen and oxygen atoms in total. The van der Waals surface area contributed by atoms with Gasteiger partial charge in [-0.05, 0) is 56.7 Å². The Morgan fingerprint density at radius 1 is 0.824 bits per heavy atom. The molecular formula is C27H18O7. The molecular weight excluding hydrogens is 436 g/mol. The van der Waals surface area contributed by atoms with E-state index in [2.05, 4.69) is 0 Å². The zero-order chi connectivity index (χ0) is 24.3. The molecule has 0 aliphatic carbocycles. The molecule has 34 heavy (non-hydrogen) atoms. The smallest absolute Gasteiger partial charge is 0.200 e. The van der Waals surface area contributed by atoms with Gasteiger partial charge in [0.1, 0.15) is 28.8 Å². The topological polar surface area (TPSA) is 115 Å². The fourth-order valence-corrected chi connectivity index (χ4v) is 4.28. The number of phenols is 1. The van der Waals surface area contributed by atoms with Crippen molar-refractivity contribution in [2.75, 3.05) is 0 Å². The summed E-state index contributed by atoms with van der Waals surface area (Å²) in [5, 5.41) is 10.3. The zero-order valence-corrected chi connectivity index (χ0v) is 18.5. The van der Waals surface area contributed by atoms with Crippen LogP contribution in [-0.4, -0.2) is 16.7 Å². The Morgan fingerprint density at radius 3 is 2.24 bits per heavy atom. The van der Waals surface area contributed by atoms with Gasteiger partial charge in [-0.3, -0.25) is 19.2 Å². The molecule has 0 aliphatic heterocycles. The number of carbonyl (C=O) groups is 2. The van der Waals surface area contributed by atoms with E-state index >= 15 is 0 Å². The standard InChI is InChI=1S/C27H18O7/c1-12-4-6-16-21(8-12)33-11-20(26(16)32)24-18(13(2)28)10-19-25(31)17-7-5-15(30)9-22(17)34-27(19)23(24)14(3)29/h4-11,30H,1-3H3. The minimum atomic E-state index is -0.505. The first-order valence-electron chi connectivity index (χ1n) is 10.5. The van der Waals surface area contributed by atoms with Crippen molar-refractivity contribution in [2.45, 2.75) is 20.8 Å². The molecule has 0 radical (unpaired) electrons. The largest absolute Gasteiger partial charge is 0.508 e. The van der Waals surface area contributed by atoms with Crippen LogP contribution in [0.4, 0.5) is 0 Å². The first-order valence-corrected chi connectivity index (χ1v) is 10.5. The van der Waals surface area contributed by atoms with Crippen molar-refractivity contribution in [1.82, 2.24) is 0 Å². The molecule has 2 aromatic heterocycles. The number of benzene rings is 3. The molecule has 5 rings (SSSR count). The molecule has 0 spiro atoms. The lowest BCUT2D eigenvalue weighted by atomic mass is 9.88. The van der Waals surface area contributed by atoms with E-state index in [9.17, 15) is 24.3 Å². The number of aryl methyl sites for hydroxylation is 1. The molecule has 0 saturated carbocycles. The predicted molar refractivity (Wildman–Crippen MR) is 128 cm³/mol. The summed E-state index contributed by atoms with van der Waals surface area (Å²) in [5.41, 5.74) is 0.391. The Bertz CT molecular complexity index is 1820. The van der Waals surface area contributed by atoms with Gasteiger partial charge in [-0.2, -0.15) is 0 Å². The van der Waals surface area contributed by atoms with Crippen LogP contribution in [0, 0.1) is 6.92 Å². The highest BCUT2D eigenvalue weighted by molar-refractivity contribution is 6.17. The molecule has 168 valence electrons. The van der Waals surface area contributed by atoms with Crippen LogP contribution in [0.1, 0.15) is 40.1 Å². The number of rotatable bonds is 3. The second-order valence-corrected chi connectivity index (χ2v) is 8.25. The Hall–Kier alpha value is -4.52. The normalized spacial score (nSPS) is 11.4. The number of ketones is 2. The first-order chi connectivity index (χ1) is 16.2. The molecule has 0 fully saturated rings. The molecule has 0 unspecified atom stereocenters. The van der Waals surface area contributed by atoms with Crippen molar-refractivity contribution < 1.29 is 23.5 Å². The summed E-state index contributed by atoms with van der Waals surface area (Å²) in [6, 6.07) is 10.5. The third-order valence-corrected chi connectivity index (χ3v) is 5.88. The molecule has 7 heteroatoms. The lowest BCUT2D eigenvalue weighted by Crippen LogP contribution is -2.14. The van der Waals surface area contributed by atoms with Crippen LogP contribution in [0.5, 0.6) is 5.75 Å². The Balaban J connectivity index is 2.01. The van der Waals surface area contributed by atoms with Gasteiger partial charge in [0.05, 0.1) is 27.3 Å². The maximum atomic E-state index is 13.4. The second kappa shape index (κ2) is 7.52. The SMILES string of the molecule is CC(=O)c1cc2c(=O)c3ccc(O)cc3oc2c(C(C)=O)c1-c1coc2cc(C)ccc2c1=O. The third-order valence-electron chi connectivity index (χ3n) is 5.88. The number of carbonyl (C=O) groups excluding carboxylic acids is 2. The highest BCUT2D eigenvalue weighted by Crippen LogP contribution is 2.35. The first kappa shape index (κ1) is 21.3. The summed E-state index contributed by atoms with van der Waals surface area (Å²) in [7, 11) is 0. The van der Waals surface area contributed by atoms with Gasteiger partial charge < -0.3 is 13.9 Å². The van der Waals surface area contributed by atoms with Crippen molar-refractivity contribution in [3.8, 4) is 16.9 Å². The van der Waals surface area contributed by atoms with E-state index < -0.39 is 22.4 Å². The molecule has 0 saturated heterocycles. The lowest BCUT2D eigenvalue weighted by Gasteiger charge is -2.15. The van der Waals surface area contributed by atoms with E-state index in [0.29, 0.717) is 5.58 Å². The molecule has 3 aromatic carbocycles. The molecule has 5 aromatic rings. The average molecular weight is 454 g/mol. The van der Waals surface area contributed by atoms with E-state index in [1.54, 1.807) is 18.2 Å². The number of Topliss-reactive ketones (excluding diaryl/α,β-unsaturated/α-hetero) is 2. The van der Waals surface area contributed by atoms with Crippen molar-refractivity contribution in [3.63, 3.8) is 0 Å². The molecule has 1 N–H and O–H groups in total. The second-order valence-electron chi connectivity index (χ2n) is 8.25. The Labute approximate surface area is 191 Å². The van der Waals surface area contributed by atoms with Crippen molar-refractivity contribution >= 4 is 44.5 Å². The van der Waals surface area contributed by atoms with Crippen molar-refractivity contribution in [3.05, 3.63) is 85.9 Å². The lowest BCUT2D eigenvalue weighted by molar-refractivity contribution is 0.101. The summed E-state index contributed by atoms with van der Waals surface area (Å²) in [4.78, 5) is 52.3. The molecule has 0 atom stereocenters. The number of phenolic OH excluding ortho intramolecular Hbond substituents is 1. The van der Waals surface area contributed by atoms with E-state index in [1.807, 2.05) is 6.92 Å².